The summed E-state index contributed by atoms with van der Waals surface area (Å²) in [4.78, 5) is 0. The second kappa shape index (κ2) is 6.75. The third-order valence-corrected chi connectivity index (χ3v) is 4.78. The number of aliphatic hydroxyl groups is 1. The summed E-state index contributed by atoms with van der Waals surface area (Å²) in [6.07, 6.45) is 0.264. The fraction of sp³-hybridized carbons (Fsp3) is 1.00. The highest BCUT2D eigenvalue weighted by atomic mass is 31.2. The summed E-state index contributed by atoms with van der Waals surface area (Å²) in [5.41, 5.74) is 0. The molecule has 0 unspecified atom stereocenters. The van der Waals surface area contributed by atoms with E-state index in [0.29, 0.717) is 0 Å². The van der Waals surface area contributed by atoms with E-state index in [1.807, 2.05) is 13.8 Å². The molecule has 0 aromatic rings. The molecule has 0 amide bonds. The first-order valence-corrected chi connectivity index (χ1v) is 7.48. The van der Waals surface area contributed by atoms with E-state index >= 15 is 0 Å². The number of hydrogen-bond donors (Lipinski definition) is 1. The van der Waals surface area contributed by atoms with Gasteiger partial charge in [0.25, 0.3) is 0 Å². The summed E-state index contributed by atoms with van der Waals surface area (Å²) < 4.78 is 23.1. The van der Waals surface area contributed by atoms with Gasteiger partial charge in [0.1, 0.15) is 0 Å². The molecule has 0 spiro atoms. The average Bonchev–Trinajstić information content (AvgIpc) is 2.12. The van der Waals surface area contributed by atoms with Gasteiger partial charge in [0.2, 0.25) is 0 Å². The number of hydrogen-bond acceptors (Lipinski definition) is 4. The van der Waals surface area contributed by atoms with Crippen LogP contribution in [-0.2, 0) is 13.6 Å². The number of rotatable bonds is 7. The van der Waals surface area contributed by atoms with Crippen molar-refractivity contribution < 1.29 is 18.7 Å². The van der Waals surface area contributed by atoms with Crippen LogP contribution in [0.3, 0.4) is 0 Å². The Hall–Kier alpha value is 0.110. The summed E-state index contributed by atoms with van der Waals surface area (Å²) in [5.74, 6) is -1.16. The molecule has 2 atom stereocenters. The van der Waals surface area contributed by atoms with E-state index in [1.165, 1.54) is 0 Å². The van der Waals surface area contributed by atoms with Gasteiger partial charge in [-0.1, -0.05) is 20.3 Å². The molecule has 0 aromatic heterocycles. The quantitative estimate of drug-likeness (QED) is 0.705. The van der Waals surface area contributed by atoms with Gasteiger partial charge in [-0.2, -0.15) is 0 Å². The van der Waals surface area contributed by atoms with Crippen molar-refractivity contribution in [3.05, 3.63) is 0 Å². The first kappa shape index (κ1) is 16.1. The minimum absolute atomic E-state index is 0.108. The van der Waals surface area contributed by atoms with Gasteiger partial charge in [-0.15, -0.1) is 0 Å². The maximum atomic E-state index is 12.4. The van der Waals surface area contributed by atoms with Crippen LogP contribution in [0, 0.1) is 5.92 Å². The molecular weight excluding hydrogens is 227 g/mol. The minimum atomic E-state index is -3.44. The van der Waals surface area contributed by atoms with E-state index in [2.05, 4.69) is 0 Å². The Morgan fingerprint density at radius 3 is 1.69 bits per heavy atom. The van der Waals surface area contributed by atoms with Crippen molar-refractivity contribution in [2.45, 2.75) is 66.0 Å². The van der Waals surface area contributed by atoms with Crippen molar-refractivity contribution in [2.75, 3.05) is 0 Å². The number of aliphatic hydroxyl groups excluding tert-OH is 1. The van der Waals surface area contributed by atoms with Gasteiger partial charge in [0, 0.05) is 0 Å². The largest absolute Gasteiger partial charge is 0.380 e. The molecule has 0 fully saturated rings. The van der Waals surface area contributed by atoms with Crippen LogP contribution < -0.4 is 0 Å². The first-order chi connectivity index (χ1) is 7.23. The minimum Gasteiger partial charge on any atom is -0.380 e. The molecule has 0 radical (unpaired) electrons. The van der Waals surface area contributed by atoms with Crippen LogP contribution in [0.1, 0.15) is 48.0 Å². The van der Waals surface area contributed by atoms with Crippen LogP contribution in [0.5, 0.6) is 0 Å². The molecule has 0 saturated heterocycles. The molecule has 0 aliphatic carbocycles. The summed E-state index contributed by atoms with van der Waals surface area (Å²) in [6.45, 7) is 10.9. The third kappa shape index (κ3) is 4.96. The highest BCUT2D eigenvalue weighted by molar-refractivity contribution is 7.54. The molecular formula is C11H25O4P. The van der Waals surface area contributed by atoms with E-state index in [9.17, 15) is 9.67 Å². The topological polar surface area (TPSA) is 55.8 Å². The van der Waals surface area contributed by atoms with Crippen LogP contribution in [-0.4, -0.2) is 23.2 Å². The normalized spacial score (nSPS) is 16.8. The predicted octanol–water partition coefficient (Wildman–Crippen LogP) is 3.39. The van der Waals surface area contributed by atoms with E-state index in [4.69, 9.17) is 9.05 Å². The predicted molar refractivity (Wildman–Crippen MR) is 65.5 cm³/mol. The second-order valence-corrected chi connectivity index (χ2v) is 6.68. The van der Waals surface area contributed by atoms with Crippen LogP contribution in [0.15, 0.2) is 0 Å². The van der Waals surface area contributed by atoms with E-state index in [1.54, 1.807) is 27.7 Å². The molecule has 0 aliphatic heterocycles. The van der Waals surface area contributed by atoms with Crippen molar-refractivity contribution in [3.8, 4) is 0 Å². The lowest BCUT2D eigenvalue weighted by atomic mass is 10.1. The Balaban J connectivity index is 4.84. The maximum Gasteiger partial charge on any atom is 0.359 e. The molecule has 16 heavy (non-hydrogen) atoms. The fourth-order valence-corrected chi connectivity index (χ4v) is 3.57. The molecule has 1 N–H and O–H groups in total. The SMILES string of the molecule is CC[C@H](C)[C@@H](O)P(=O)(OC(C)C)OC(C)C. The Morgan fingerprint density at radius 2 is 1.44 bits per heavy atom. The zero-order chi connectivity index (χ0) is 12.9. The van der Waals surface area contributed by atoms with Crippen molar-refractivity contribution >= 4 is 7.60 Å². The van der Waals surface area contributed by atoms with Crippen LogP contribution in [0.25, 0.3) is 0 Å². The first-order valence-electron chi connectivity index (χ1n) is 5.87. The molecule has 0 bridgehead atoms. The van der Waals surface area contributed by atoms with Gasteiger partial charge >= 0.3 is 7.60 Å². The summed E-state index contributed by atoms with van der Waals surface area (Å²) >= 11 is 0. The standard InChI is InChI=1S/C11H25O4P/c1-7-10(6)11(12)16(13,14-8(2)3)15-9(4)5/h8-12H,7H2,1-6H3/t10-,11-/m0/s1. The Morgan fingerprint density at radius 1 is 1.06 bits per heavy atom. The molecule has 0 heterocycles. The van der Waals surface area contributed by atoms with Crippen molar-refractivity contribution in [3.63, 3.8) is 0 Å². The Kier molecular flexibility index (Phi) is 6.80. The van der Waals surface area contributed by atoms with E-state index in [-0.39, 0.29) is 18.1 Å². The molecule has 4 nitrogen and oxygen atoms in total. The molecule has 0 aromatic carbocycles. The van der Waals surface area contributed by atoms with Gasteiger partial charge in [-0.3, -0.25) is 4.57 Å². The van der Waals surface area contributed by atoms with Crippen molar-refractivity contribution in [1.29, 1.82) is 0 Å². The lowest BCUT2D eigenvalue weighted by Gasteiger charge is -2.29. The molecule has 0 rings (SSSR count). The van der Waals surface area contributed by atoms with Gasteiger partial charge in [0.05, 0.1) is 12.2 Å². The average molecular weight is 252 g/mol. The monoisotopic (exact) mass is 252 g/mol. The van der Waals surface area contributed by atoms with E-state index < -0.39 is 13.4 Å². The zero-order valence-electron chi connectivity index (χ0n) is 11.1. The van der Waals surface area contributed by atoms with E-state index in [0.717, 1.165) is 6.42 Å². The molecule has 0 saturated carbocycles. The summed E-state index contributed by atoms with van der Waals surface area (Å²) in [7, 11) is -3.44. The molecule has 98 valence electrons. The van der Waals surface area contributed by atoms with Crippen molar-refractivity contribution in [1.82, 2.24) is 0 Å². The third-order valence-electron chi connectivity index (χ3n) is 2.19. The molecule has 5 heteroatoms. The Labute approximate surface area is 98.9 Å². The summed E-state index contributed by atoms with van der Waals surface area (Å²) in [6, 6.07) is 0. The van der Waals surface area contributed by atoms with Crippen LogP contribution >= 0.6 is 7.60 Å². The van der Waals surface area contributed by atoms with Gasteiger partial charge in [-0.25, -0.2) is 0 Å². The zero-order valence-corrected chi connectivity index (χ0v) is 12.0. The Bertz CT molecular complexity index is 226. The lowest BCUT2D eigenvalue weighted by molar-refractivity contribution is 0.0816. The second-order valence-electron chi connectivity index (χ2n) is 4.65. The van der Waals surface area contributed by atoms with Crippen molar-refractivity contribution in [2.24, 2.45) is 5.92 Å². The van der Waals surface area contributed by atoms with Crippen LogP contribution in [0.4, 0.5) is 0 Å². The smallest absolute Gasteiger partial charge is 0.359 e. The molecule has 0 aliphatic rings. The highest BCUT2D eigenvalue weighted by Gasteiger charge is 2.39. The van der Waals surface area contributed by atoms with Gasteiger partial charge in [-0.05, 0) is 33.6 Å². The summed E-state index contributed by atoms with van der Waals surface area (Å²) in [5, 5.41) is 10.0. The fourth-order valence-electron chi connectivity index (χ4n) is 1.26. The van der Waals surface area contributed by atoms with Gasteiger partial charge < -0.3 is 14.2 Å². The van der Waals surface area contributed by atoms with Gasteiger partial charge in [0.15, 0.2) is 5.85 Å². The highest BCUT2D eigenvalue weighted by Crippen LogP contribution is 2.56. The maximum absolute atomic E-state index is 12.4. The van der Waals surface area contributed by atoms with Crippen LogP contribution in [0.2, 0.25) is 0 Å². The lowest BCUT2D eigenvalue weighted by Crippen LogP contribution is -2.23.